The maximum atomic E-state index is 11.0. The fourth-order valence-corrected chi connectivity index (χ4v) is 5.25. The first kappa shape index (κ1) is 27.3. The summed E-state index contributed by atoms with van der Waals surface area (Å²) in [6, 6.07) is 0. The zero-order valence-corrected chi connectivity index (χ0v) is 21.5. The van der Waals surface area contributed by atoms with E-state index in [4.69, 9.17) is 23.7 Å². The third-order valence-corrected chi connectivity index (χ3v) is 7.71. The van der Waals surface area contributed by atoms with Crippen LogP contribution in [0.5, 0.6) is 0 Å². The molecule has 13 unspecified atom stereocenters. The lowest BCUT2D eigenvalue weighted by Crippen LogP contribution is -2.61. The molecule has 0 spiro atoms. The van der Waals surface area contributed by atoms with Crippen LogP contribution in [0.1, 0.15) is 61.8 Å². The van der Waals surface area contributed by atoms with Gasteiger partial charge >= 0.3 is 0 Å². The average molecular weight is 475 g/mol. The van der Waals surface area contributed by atoms with Gasteiger partial charge in [-0.15, -0.1) is 0 Å². The highest BCUT2D eigenvalue weighted by Gasteiger charge is 2.50. The van der Waals surface area contributed by atoms with Crippen LogP contribution in [-0.4, -0.2) is 83.8 Å². The van der Waals surface area contributed by atoms with Crippen LogP contribution in [0, 0.1) is 29.1 Å². The first-order valence-electron chi connectivity index (χ1n) is 12.6. The Labute approximate surface area is 198 Å². The molecule has 0 aliphatic carbocycles. The van der Waals surface area contributed by atoms with Gasteiger partial charge in [0.05, 0.1) is 43.7 Å². The number of aliphatic hydroxyl groups is 3. The van der Waals surface area contributed by atoms with Crippen molar-refractivity contribution in [3.8, 4) is 0 Å². The maximum Gasteiger partial charge on any atom is 0.186 e. The largest absolute Gasteiger partial charge is 0.392 e. The quantitative estimate of drug-likeness (QED) is 0.557. The fraction of sp³-hybridized carbons (Fsp3) is 1.00. The van der Waals surface area contributed by atoms with Gasteiger partial charge < -0.3 is 39.0 Å². The van der Waals surface area contributed by atoms with E-state index in [1.807, 2.05) is 55.4 Å². The first-order chi connectivity index (χ1) is 15.4. The minimum absolute atomic E-state index is 0.00749. The predicted molar refractivity (Wildman–Crippen MR) is 122 cm³/mol. The standard InChI is InChI=1S/C25H46O8/c1-9-16-14(4)19(28)15(5)23(31-16)33-21-18(27)13(3)11-30-24(21)32-20-17(26)12(2)10-29-22(20)25(6,7)8/h12-24,26-28H,9-11H2,1-8H3. The molecule has 3 N–H and O–H groups in total. The van der Waals surface area contributed by atoms with Crippen LogP contribution >= 0.6 is 0 Å². The molecule has 0 aromatic heterocycles. The van der Waals surface area contributed by atoms with Gasteiger partial charge in [-0.25, -0.2) is 0 Å². The molecule has 0 aromatic carbocycles. The Morgan fingerprint density at radius 3 is 1.88 bits per heavy atom. The van der Waals surface area contributed by atoms with Crippen LogP contribution in [-0.2, 0) is 23.7 Å². The Hall–Kier alpha value is -0.320. The number of aliphatic hydroxyl groups excluding tert-OH is 3. The van der Waals surface area contributed by atoms with Crippen molar-refractivity contribution in [1.82, 2.24) is 0 Å². The van der Waals surface area contributed by atoms with Crippen molar-refractivity contribution in [3.05, 3.63) is 0 Å². The second kappa shape index (κ2) is 10.7. The SMILES string of the molecule is CCC1OC(OC2C(OC3C(O)C(C)COC3C(C)(C)C)OCC(C)C2O)C(C)C(O)C1C. The van der Waals surface area contributed by atoms with Gasteiger partial charge in [0.2, 0.25) is 0 Å². The molecular formula is C25H46O8. The topological polar surface area (TPSA) is 107 Å². The molecule has 8 heteroatoms. The normalized spacial score (nSPS) is 49.7. The molecule has 3 saturated heterocycles. The van der Waals surface area contributed by atoms with Gasteiger partial charge in [-0.3, -0.25) is 0 Å². The molecule has 0 aromatic rings. The second-order valence-corrected chi connectivity index (χ2v) is 11.6. The van der Waals surface area contributed by atoms with Gasteiger partial charge in [-0.05, 0) is 11.8 Å². The van der Waals surface area contributed by atoms with Gasteiger partial charge in [-0.1, -0.05) is 55.4 Å². The molecule has 3 aliphatic rings. The molecule has 13 atom stereocenters. The molecule has 0 radical (unpaired) electrons. The van der Waals surface area contributed by atoms with E-state index in [2.05, 4.69) is 0 Å². The molecular weight excluding hydrogens is 428 g/mol. The highest BCUT2D eigenvalue weighted by Crippen LogP contribution is 2.38. The summed E-state index contributed by atoms with van der Waals surface area (Å²) in [5, 5.41) is 32.8. The molecule has 0 bridgehead atoms. The second-order valence-electron chi connectivity index (χ2n) is 11.6. The highest BCUT2D eigenvalue weighted by atomic mass is 16.7. The number of hydrogen-bond acceptors (Lipinski definition) is 8. The van der Waals surface area contributed by atoms with Crippen molar-refractivity contribution in [2.75, 3.05) is 13.2 Å². The van der Waals surface area contributed by atoms with Crippen LogP contribution < -0.4 is 0 Å². The third-order valence-electron chi connectivity index (χ3n) is 7.71. The Morgan fingerprint density at radius 2 is 1.30 bits per heavy atom. The van der Waals surface area contributed by atoms with Gasteiger partial charge in [0.1, 0.15) is 12.2 Å². The predicted octanol–water partition coefficient (Wildman–Crippen LogP) is 2.32. The van der Waals surface area contributed by atoms with E-state index in [1.165, 1.54) is 0 Å². The Balaban J connectivity index is 1.81. The Morgan fingerprint density at radius 1 is 0.758 bits per heavy atom. The zero-order chi connectivity index (χ0) is 24.7. The molecule has 0 amide bonds. The van der Waals surface area contributed by atoms with Crippen molar-refractivity contribution in [2.45, 2.75) is 117 Å². The van der Waals surface area contributed by atoms with Crippen LogP contribution in [0.25, 0.3) is 0 Å². The minimum atomic E-state index is -0.901. The zero-order valence-electron chi connectivity index (χ0n) is 21.5. The van der Waals surface area contributed by atoms with E-state index in [9.17, 15) is 15.3 Å². The van der Waals surface area contributed by atoms with Gasteiger partial charge in [0.25, 0.3) is 0 Å². The van der Waals surface area contributed by atoms with E-state index in [0.717, 1.165) is 6.42 Å². The monoisotopic (exact) mass is 474 g/mol. The van der Waals surface area contributed by atoms with E-state index < -0.39 is 43.1 Å². The van der Waals surface area contributed by atoms with E-state index >= 15 is 0 Å². The van der Waals surface area contributed by atoms with Crippen LogP contribution in [0.4, 0.5) is 0 Å². The minimum Gasteiger partial charge on any atom is -0.392 e. The lowest BCUT2D eigenvalue weighted by Gasteiger charge is -2.49. The summed E-state index contributed by atoms with van der Waals surface area (Å²) in [5.74, 6) is -0.542. The molecule has 3 heterocycles. The third kappa shape index (κ3) is 5.75. The Bertz CT molecular complexity index is 622. The van der Waals surface area contributed by atoms with Crippen molar-refractivity contribution < 1.29 is 39.0 Å². The number of rotatable bonds is 5. The fourth-order valence-electron chi connectivity index (χ4n) is 5.25. The molecule has 3 fully saturated rings. The highest BCUT2D eigenvalue weighted by molar-refractivity contribution is 4.94. The van der Waals surface area contributed by atoms with E-state index in [1.54, 1.807) is 0 Å². The van der Waals surface area contributed by atoms with Crippen LogP contribution in [0.3, 0.4) is 0 Å². The molecule has 194 valence electrons. The van der Waals surface area contributed by atoms with Crippen molar-refractivity contribution >= 4 is 0 Å². The summed E-state index contributed by atoms with van der Waals surface area (Å²) >= 11 is 0. The summed E-state index contributed by atoms with van der Waals surface area (Å²) in [5.41, 5.74) is -0.266. The summed E-state index contributed by atoms with van der Waals surface area (Å²) in [7, 11) is 0. The summed E-state index contributed by atoms with van der Waals surface area (Å²) < 4.78 is 31.0. The van der Waals surface area contributed by atoms with Crippen molar-refractivity contribution in [3.63, 3.8) is 0 Å². The lowest BCUT2D eigenvalue weighted by molar-refractivity contribution is -0.356. The summed E-state index contributed by atoms with van der Waals surface area (Å²) in [6.45, 7) is 16.6. The smallest absolute Gasteiger partial charge is 0.186 e. The lowest BCUT2D eigenvalue weighted by atomic mass is 9.79. The Kier molecular flexibility index (Phi) is 8.88. The van der Waals surface area contributed by atoms with Crippen molar-refractivity contribution in [2.24, 2.45) is 29.1 Å². The van der Waals surface area contributed by atoms with Gasteiger partial charge in [-0.2, -0.15) is 0 Å². The first-order valence-corrected chi connectivity index (χ1v) is 12.6. The molecule has 33 heavy (non-hydrogen) atoms. The van der Waals surface area contributed by atoms with E-state index in [-0.39, 0.29) is 41.3 Å². The van der Waals surface area contributed by atoms with Crippen LogP contribution in [0.2, 0.25) is 0 Å². The van der Waals surface area contributed by atoms with Crippen molar-refractivity contribution in [1.29, 1.82) is 0 Å². The van der Waals surface area contributed by atoms with E-state index in [0.29, 0.717) is 13.2 Å². The molecule has 8 nitrogen and oxygen atoms in total. The summed E-state index contributed by atoms with van der Waals surface area (Å²) in [6.07, 6.45) is -4.96. The van der Waals surface area contributed by atoms with Gasteiger partial charge in [0.15, 0.2) is 12.6 Å². The number of ether oxygens (including phenoxy) is 5. The van der Waals surface area contributed by atoms with Crippen LogP contribution in [0.15, 0.2) is 0 Å². The number of hydrogen-bond donors (Lipinski definition) is 3. The maximum absolute atomic E-state index is 11.0. The average Bonchev–Trinajstić information content (AvgIpc) is 2.75. The summed E-state index contributed by atoms with van der Waals surface area (Å²) in [4.78, 5) is 0. The molecule has 0 saturated carbocycles. The van der Waals surface area contributed by atoms with Gasteiger partial charge in [0, 0.05) is 23.7 Å². The molecule has 3 aliphatic heterocycles. The molecule has 3 rings (SSSR count).